The Morgan fingerprint density at radius 3 is 2.66 bits per heavy atom. The minimum Gasteiger partial charge on any atom is -0.459 e. The van der Waals surface area contributed by atoms with Crippen molar-refractivity contribution < 1.29 is 18.8 Å². The molecule has 0 spiro atoms. The molecule has 0 atom stereocenters. The average Bonchev–Trinajstić information content (AvgIpc) is 3.44. The predicted octanol–water partition coefficient (Wildman–Crippen LogP) is 2.73. The fourth-order valence-electron chi connectivity index (χ4n) is 2.91. The first kappa shape index (κ1) is 23.1. The molecule has 10 heteroatoms. The number of carbonyl (C=O) groups excluding carboxylic acids is 3. The average molecular weight is 456 g/mol. The summed E-state index contributed by atoms with van der Waals surface area (Å²) in [5.41, 5.74) is 1.32. The SMILES string of the molecule is CC(C)CN(CC(=O)Nc1nc(CC(=O)NCc2ccccn2)cs1)C(=O)c1ccco1. The number of aromatic nitrogens is 2. The Bertz CT molecular complexity index is 1030. The highest BCUT2D eigenvalue weighted by Gasteiger charge is 2.22. The van der Waals surface area contributed by atoms with Crippen LogP contribution < -0.4 is 10.6 Å². The van der Waals surface area contributed by atoms with E-state index in [2.05, 4.69) is 20.6 Å². The lowest BCUT2D eigenvalue weighted by atomic mass is 10.2. The van der Waals surface area contributed by atoms with Crippen LogP contribution >= 0.6 is 11.3 Å². The van der Waals surface area contributed by atoms with Gasteiger partial charge in [0.05, 0.1) is 30.6 Å². The Balaban J connectivity index is 1.51. The molecule has 0 saturated heterocycles. The van der Waals surface area contributed by atoms with Crippen LogP contribution in [0, 0.1) is 5.92 Å². The number of amides is 3. The van der Waals surface area contributed by atoms with Crippen molar-refractivity contribution in [2.75, 3.05) is 18.4 Å². The van der Waals surface area contributed by atoms with Crippen molar-refractivity contribution in [1.82, 2.24) is 20.2 Å². The Morgan fingerprint density at radius 2 is 1.97 bits per heavy atom. The van der Waals surface area contributed by atoms with E-state index in [0.717, 1.165) is 5.69 Å². The quantitative estimate of drug-likeness (QED) is 0.485. The van der Waals surface area contributed by atoms with Gasteiger partial charge in [-0.1, -0.05) is 19.9 Å². The van der Waals surface area contributed by atoms with Crippen molar-refractivity contribution in [2.45, 2.75) is 26.8 Å². The topological polar surface area (TPSA) is 117 Å². The van der Waals surface area contributed by atoms with Gasteiger partial charge in [-0.3, -0.25) is 19.4 Å². The van der Waals surface area contributed by atoms with Crippen molar-refractivity contribution in [2.24, 2.45) is 5.92 Å². The molecule has 0 unspecified atom stereocenters. The van der Waals surface area contributed by atoms with Crippen LogP contribution in [-0.4, -0.2) is 45.7 Å². The van der Waals surface area contributed by atoms with E-state index in [0.29, 0.717) is 23.9 Å². The van der Waals surface area contributed by atoms with E-state index >= 15 is 0 Å². The highest BCUT2D eigenvalue weighted by molar-refractivity contribution is 7.13. The molecule has 9 nitrogen and oxygen atoms in total. The normalized spacial score (nSPS) is 10.7. The largest absolute Gasteiger partial charge is 0.459 e. The van der Waals surface area contributed by atoms with Crippen LogP contribution in [0.4, 0.5) is 5.13 Å². The standard InChI is InChI=1S/C22H25N5O4S/c1-15(2)12-27(21(30)18-7-5-9-31-18)13-20(29)26-22-25-17(14-32-22)10-19(28)24-11-16-6-3-4-8-23-16/h3-9,14-15H,10-13H2,1-2H3,(H,24,28)(H,25,26,29). The molecule has 3 heterocycles. The van der Waals surface area contributed by atoms with E-state index in [9.17, 15) is 14.4 Å². The van der Waals surface area contributed by atoms with Crippen LogP contribution in [0.5, 0.6) is 0 Å². The van der Waals surface area contributed by atoms with E-state index in [1.807, 2.05) is 32.0 Å². The fourth-order valence-corrected chi connectivity index (χ4v) is 3.64. The van der Waals surface area contributed by atoms with Crippen LogP contribution in [0.2, 0.25) is 0 Å². The minimum atomic E-state index is -0.369. The zero-order valence-electron chi connectivity index (χ0n) is 17.9. The first-order chi connectivity index (χ1) is 15.4. The number of furan rings is 1. The molecule has 3 amide bonds. The maximum Gasteiger partial charge on any atom is 0.290 e. The van der Waals surface area contributed by atoms with E-state index < -0.39 is 0 Å². The summed E-state index contributed by atoms with van der Waals surface area (Å²) in [6.45, 7) is 4.55. The van der Waals surface area contributed by atoms with Crippen LogP contribution in [0.25, 0.3) is 0 Å². The monoisotopic (exact) mass is 455 g/mol. The Kier molecular flexibility index (Phi) is 8.09. The summed E-state index contributed by atoms with van der Waals surface area (Å²) in [7, 11) is 0. The Morgan fingerprint density at radius 1 is 1.12 bits per heavy atom. The van der Waals surface area contributed by atoms with Gasteiger partial charge in [-0.25, -0.2) is 4.98 Å². The lowest BCUT2D eigenvalue weighted by molar-refractivity contribution is -0.120. The maximum atomic E-state index is 12.6. The molecule has 0 fully saturated rings. The van der Waals surface area contributed by atoms with Crippen molar-refractivity contribution >= 4 is 34.2 Å². The van der Waals surface area contributed by atoms with E-state index in [1.165, 1.54) is 22.5 Å². The van der Waals surface area contributed by atoms with Gasteiger partial charge in [-0.2, -0.15) is 0 Å². The van der Waals surface area contributed by atoms with E-state index in [1.54, 1.807) is 23.7 Å². The van der Waals surface area contributed by atoms with E-state index in [-0.39, 0.29) is 42.4 Å². The van der Waals surface area contributed by atoms with Gasteiger partial charge in [0.15, 0.2) is 10.9 Å². The van der Waals surface area contributed by atoms with Gasteiger partial charge in [-0.15, -0.1) is 11.3 Å². The number of hydrogen-bond acceptors (Lipinski definition) is 7. The molecule has 168 valence electrons. The number of nitrogens with one attached hydrogen (secondary N) is 2. The number of thiazole rings is 1. The Labute approximate surface area is 189 Å². The first-order valence-electron chi connectivity index (χ1n) is 10.1. The molecule has 0 aromatic carbocycles. The molecule has 0 aliphatic rings. The molecule has 0 radical (unpaired) electrons. The third-order valence-electron chi connectivity index (χ3n) is 4.27. The highest BCUT2D eigenvalue weighted by atomic mass is 32.1. The molecule has 0 aliphatic heterocycles. The second kappa shape index (κ2) is 11.2. The lowest BCUT2D eigenvalue weighted by Gasteiger charge is -2.22. The summed E-state index contributed by atoms with van der Waals surface area (Å²) in [5, 5.41) is 7.58. The molecule has 0 aliphatic carbocycles. The summed E-state index contributed by atoms with van der Waals surface area (Å²) in [6.07, 6.45) is 3.18. The number of anilines is 1. The summed E-state index contributed by atoms with van der Waals surface area (Å²) in [5.74, 6) is -0.537. The van der Waals surface area contributed by atoms with Crippen LogP contribution in [-0.2, 0) is 22.6 Å². The number of hydrogen-bond donors (Lipinski definition) is 2. The van der Waals surface area contributed by atoms with E-state index in [4.69, 9.17) is 4.42 Å². The predicted molar refractivity (Wildman–Crippen MR) is 120 cm³/mol. The van der Waals surface area contributed by atoms with Gasteiger partial charge in [0.1, 0.15) is 6.54 Å². The Hall–Kier alpha value is -3.53. The van der Waals surface area contributed by atoms with Gasteiger partial charge in [0.25, 0.3) is 5.91 Å². The van der Waals surface area contributed by atoms with Crippen LogP contribution in [0.3, 0.4) is 0 Å². The van der Waals surface area contributed by atoms with Gasteiger partial charge in [0.2, 0.25) is 11.8 Å². The number of carbonyl (C=O) groups is 3. The van der Waals surface area contributed by atoms with Crippen LogP contribution in [0.15, 0.2) is 52.6 Å². The van der Waals surface area contributed by atoms with Crippen LogP contribution in [0.1, 0.15) is 35.8 Å². The molecule has 3 aromatic heterocycles. The third-order valence-corrected chi connectivity index (χ3v) is 5.08. The second-order valence-electron chi connectivity index (χ2n) is 7.52. The molecular formula is C22H25N5O4S. The van der Waals surface area contributed by atoms with Crippen molar-refractivity contribution in [3.63, 3.8) is 0 Å². The summed E-state index contributed by atoms with van der Waals surface area (Å²) in [6, 6.07) is 8.69. The molecule has 32 heavy (non-hydrogen) atoms. The first-order valence-corrected chi connectivity index (χ1v) is 11.0. The molecule has 2 N–H and O–H groups in total. The molecular weight excluding hydrogens is 430 g/mol. The van der Waals surface area contributed by atoms with Crippen molar-refractivity contribution in [3.05, 3.63) is 65.3 Å². The zero-order valence-corrected chi connectivity index (χ0v) is 18.7. The maximum absolute atomic E-state index is 12.6. The second-order valence-corrected chi connectivity index (χ2v) is 8.38. The lowest BCUT2D eigenvalue weighted by Crippen LogP contribution is -2.40. The van der Waals surface area contributed by atoms with Crippen molar-refractivity contribution in [1.29, 1.82) is 0 Å². The van der Waals surface area contributed by atoms with Crippen molar-refractivity contribution in [3.8, 4) is 0 Å². The summed E-state index contributed by atoms with van der Waals surface area (Å²) < 4.78 is 5.17. The van der Waals surface area contributed by atoms with Gasteiger partial charge in [0, 0.05) is 18.1 Å². The fraction of sp³-hybridized carbons (Fsp3) is 0.318. The molecule has 3 aromatic rings. The third kappa shape index (κ3) is 7.02. The number of nitrogens with zero attached hydrogens (tertiary/aromatic N) is 3. The van der Waals surface area contributed by atoms with Gasteiger partial charge >= 0.3 is 0 Å². The zero-order chi connectivity index (χ0) is 22.9. The highest BCUT2D eigenvalue weighted by Crippen LogP contribution is 2.16. The smallest absolute Gasteiger partial charge is 0.290 e. The molecule has 3 rings (SSSR count). The van der Waals surface area contributed by atoms with Gasteiger partial charge < -0.3 is 20.0 Å². The summed E-state index contributed by atoms with van der Waals surface area (Å²) in [4.78, 5) is 47.2. The van der Waals surface area contributed by atoms with Gasteiger partial charge in [-0.05, 0) is 30.2 Å². The number of rotatable bonds is 10. The summed E-state index contributed by atoms with van der Waals surface area (Å²) >= 11 is 1.22. The molecule has 0 bridgehead atoms. The number of pyridine rings is 1. The molecule has 0 saturated carbocycles. The minimum absolute atomic E-state index is 0.0929.